The summed E-state index contributed by atoms with van der Waals surface area (Å²) < 4.78 is 10.1. The Bertz CT molecular complexity index is 510. The van der Waals surface area contributed by atoms with Crippen LogP contribution in [0.5, 0.6) is 6.01 Å². The summed E-state index contributed by atoms with van der Waals surface area (Å²) in [7, 11) is 1.53. The van der Waals surface area contributed by atoms with Crippen LogP contribution in [0.25, 0.3) is 11.5 Å². The van der Waals surface area contributed by atoms with Crippen LogP contribution in [0, 0.1) is 6.92 Å². The number of hydrogen-bond donors (Lipinski definition) is 0. The lowest BCUT2D eigenvalue weighted by molar-refractivity contribution is 0.378. The lowest BCUT2D eigenvalue weighted by Gasteiger charge is -2.01. The highest BCUT2D eigenvalue weighted by atomic mass is 16.5. The van der Waals surface area contributed by atoms with Crippen LogP contribution in [0.4, 0.5) is 0 Å². The van der Waals surface area contributed by atoms with Crippen molar-refractivity contribution < 1.29 is 9.26 Å². The molecule has 0 N–H and O–H groups in total. The van der Waals surface area contributed by atoms with Gasteiger partial charge in [-0.05, 0) is 13.3 Å². The van der Waals surface area contributed by atoms with Crippen LogP contribution >= 0.6 is 0 Å². The van der Waals surface area contributed by atoms with Crippen molar-refractivity contribution in [1.29, 1.82) is 0 Å². The number of hydrogen-bond acceptors (Lipinski definition) is 6. The first kappa shape index (κ1) is 11.5. The van der Waals surface area contributed by atoms with Crippen molar-refractivity contribution in [1.82, 2.24) is 20.1 Å². The number of methoxy groups -OCH3 is 1. The van der Waals surface area contributed by atoms with Gasteiger partial charge in [0.2, 0.25) is 0 Å². The molecule has 90 valence electrons. The Hall–Kier alpha value is -1.98. The highest BCUT2D eigenvalue weighted by molar-refractivity contribution is 5.54. The monoisotopic (exact) mass is 234 g/mol. The van der Waals surface area contributed by atoms with Crippen molar-refractivity contribution in [2.45, 2.75) is 26.7 Å². The maximum Gasteiger partial charge on any atom is 0.316 e. The Morgan fingerprint density at radius 1 is 1.35 bits per heavy atom. The van der Waals surface area contributed by atoms with E-state index in [9.17, 15) is 0 Å². The summed E-state index contributed by atoms with van der Waals surface area (Å²) in [6, 6.07) is 0.333. The molecule has 2 aromatic rings. The van der Waals surface area contributed by atoms with Gasteiger partial charge < -0.3 is 9.26 Å². The minimum atomic E-state index is 0.333. The maximum absolute atomic E-state index is 5.18. The minimum Gasteiger partial charge on any atom is -0.467 e. The smallest absolute Gasteiger partial charge is 0.316 e. The molecule has 6 heteroatoms. The zero-order valence-corrected chi connectivity index (χ0v) is 10.1. The van der Waals surface area contributed by atoms with Gasteiger partial charge in [0.1, 0.15) is 0 Å². The summed E-state index contributed by atoms with van der Waals surface area (Å²) in [5, 5.41) is 3.89. The normalized spacial score (nSPS) is 10.5. The molecule has 0 fully saturated rings. The van der Waals surface area contributed by atoms with E-state index in [1.165, 1.54) is 7.11 Å². The van der Waals surface area contributed by atoms with Gasteiger partial charge in [-0.2, -0.15) is 9.97 Å². The van der Waals surface area contributed by atoms with E-state index in [-0.39, 0.29) is 0 Å². The van der Waals surface area contributed by atoms with Crippen LogP contribution < -0.4 is 4.74 Å². The summed E-state index contributed by atoms with van der Waals surface area (Å²) in [6.45, 7) is 3.92. The number of ether oxygens (including phenoxy) is 1. The predicted molar refractivity (Wildman–Crippen MR) is 60.6 cm³/mol. The quantitative estimate of drug-likeness (QED) is 0.803. The van der Waals surface area contributed by atoms with E-state index in [1.807, 2.05) is 6.92 Å². The maximum atomic E-state index is 5.18. The van der Waals surface area contributed by atoms with Crippen molar-refractivity contribution in [2.75, 3.05) is 7.11 Å². The topological polar surface area (TPSA) is 73.9 Å². The van der Waals surface area contributed by atoms with Gasteiger partial charge in [-0.3, -0.25) is 0 Å². The molecule has 2 heterocycles. The van der Waals surface area contributed by atoms with Crippen LogP contribution in [0.15, 0.2) is 10.7 Å². The SMILES string of the molecule is CCCc1noc(-c2cnc(OC)nc2C)n1. The summed E-state index contributed by atoms with van der Waals surface area (Å²) in [5.41, 5.74) is 1.49. The van der Waals surface area contributed by atoms with E-state index >= 15 is 0 Å². The molecular formula is C11H14N4O2. The summed E-state index contributed by atoms with van der Waals surface area (Å²) in [5.74, 6) is 1.16. The largest absolute Gasteiger partial charge is 0.467 e. The number of aryl methyl sites for hydroxylation is 2. The molecule has 0 aliphatic carbocycles. The van der Waals surface area contributed by atoms with Crippen molar-refractivity contribution >= 4 is 0 Å². The summed E-state index contributed by atoms with van der Waals surface area (Å²) in [4.78, 5) is 12.5. The van der Waals surface area contributed by atoms with E-state index in [0.29, 0.717) is 17.7 Å². The van der Waals surface area contributed by atoms with Crippen molar-refractivity contribution in [2.24, 2.45) is 0 Å². The highest BCUT2D eigenvalue weighted by Gasteiger charge is 2.13. The Morgan fingerprint density at radius 3 is 2.82 bits per heavy atom. The van der Waals surface area contributed by atoms with E-state index in [2.05, 4.69) is 27.0 Å². The molecule has 0 unspecified atom stereocenters. The van der Waals surface area contributed by atoms with E-state index in [4.69, 9.17) is 9.26 Å². The fraction of sp³-hybridized carbons (Fsp3) is 0.455. The predicted octanol–water partition coefficient (Wildman–Crippen LogP) is 1.80. The lowest BCUT2D eigenvalue weighted by atomic mass is 10.2. The summed E-state index contributed by atoms with van der Waals surface area (Å²) in [6.07, 6.45) is 3.42. The van der Waals surface area contributed by atoms with E-state index in [0.717, 1.165) is 24.1 Å². The highest BCUT2D eigenvalue weighted by Crippen LogP contribution is 2.20. The second-order valence-electron chi connectivity index (χ2n) is 3.62. The van der Waals surface area contributed by atoms with Crippen LogP contribution in [0.2, 0.25) is 0 Å². The summed E-state index contributed by atoms with van der Waals surface area (Å²) >= 11 is 0. The number of nitrogens with zero attached hydrogens (tertiary/aromatic N) is 4. The molecule has 0 radical (unpaired) electrons. The third-order valence-electron chi connectivity index (χ3n) is 2.31. The number of aromatic nitrogens is 4. The fourth-order valence-corrected chi connectivity index (χ4v) is 1.44. The Balaban J connectivity index is 2.32. The molecule has 0 saturated carbocycles. The fourth-order valence-electron chi connectivity index (χ4n) is 1.44. The Morgan fingerprint density at radius 2 is 2.18 bits per heavy atom. The zero-order valence-electron chi connectivity index (χ0n) is 10.1. The van der Waals surface area contributed by atoms with Crippen molar-refractivity contribution in [3.05, 3.63) is 17.7 Å². The molecule has 0 amide bonds. The molecule has 6 nitrogen and oxygen atoms in total. The van der Waals surface area contributed by atoms with E-state index < -0.39 is 0 Å². The Kier molecular flexibility index (Phi) is 3.32. The first-order valence-electron chi connectivity index (χ1n) is 5.45. The van der Waals surface area contributed by atoms with Crippen LogP contribution in [-0.2, 0) is 6.42 Å². The third-order valence-corrected chi connectivity index (χ3v) is 2.31. The molecule has 0 saturated heterocycles. The molecule has 17 heavy (non-hydrogen) atoms. The van der Waals surface area contributed by atoms with Gasteiger partial charge >= 0.3 is 6.01 Å². The molecule has 0 aliphatic rings. The second kappa shape index (κ2) is 4.90. The van der Waals surface area contributed by atoms with Crippen molar-refractivity contribution in [3.8, 4) is 17.5 Å². The molecule has 0 bridgehead atoms. The first-order valence-corrected chi connectivity index (χ1v) is 5.45. The second-order valence-corrected chi connectivity index (χ2v) is 3.62. The standard InChI is InChI=1S/C11H14N4O2/c1-4-5-9-14-10(17-15-9)8-6-12-11(16-3)13-7(8)2/h6H,4-5H2,1-3H3. The van der Waals surface area contributed by atoms with Gasteiger partial charge in [0.25, 0.3) is 5.89 Å². The van der Waals surface area contributed by atoms with Gasteiger partial charge in [-0.1, -0.05) is 12.1 Å². The van der Waals surface area contributed by atoms with Gasteiger partial charge in [-0.15, -0.1) is 0 Å². The minimum absolute atomic E-state index is 0.333. The van der Waals surface area contributed by atoms with Gasteiger partial charge in [0.15, 0.2) is 5.82 Å². The molecule has 2 aromatic heterocycles. The van der Waals surface area contributed by atoms with Gasteiger partial charge in [-0.25, -0.2) is 4.98 Å². The van der Waals surface area contributed by atoms with Crippen molar-refractivity contribution in [3.63, 3.8) is 0 Å². The average molecular weight is 234 g/mol. The average Bonchev–Trinajstić information content (AvgIpc) is 2.78. The lowest BCUT2D eigenvalue weighted by Crippen LogP contribution is -1.96. The molecule has 2 rings (SSSR count). The van der Waals surface area contributed by atoms with E-state index in [1.54, 1.807) is 6.20 Å². The Labute approximate surface area is 99.1 Å². The molecule has 0 spiro atoms. The van der Waals surface area contributed by atoms with Gasteiger partial charge in [0.05, 0.1) is 18.4 Å². The molecule has 0 aliphatic heterocycles. The van der Waals surface area contributed by atoms with Crippen LogP contribution in [0.1, 0.15) is 24.9 Å². The molecule has 0 aromatic carbocycles. The van der Waals surface area contributed by atoms with Crippen LogP contribution in [-0.4, -0.2) is 27.2 Å². The van der Waals surface area contributed by atoms with Crippen LogP contribution in [0.3, 0.4) is 0 Å². The van der Waals surface area contributed by atoms with Gasteiger partial charge in [0, 0.05) is 12.6 Å². The molecule has 0 atom stereocenters. The number of rotatable bonds is 4. The third kappa shape index (κ3) is 2.41. The first-order chi connectivity index (χ1) is 8.24. The molecular weight excluding hydrogens is 220 g/mol. The zero-order chi connectivity index (χ0) is 12.3.